The fraction of sp³-hybridized carbons (Fsp3) is 0.600. The number of unbranched alkanes of at least 4 members (excludes halogenated alkanes) is 1. The molecule has 2 aromatic rings. The second-order valence-corrected chi connectivity index (χ2v) is 9.71. The standard InChI is InChI=1S/C20H25F3N4OS2/c21-20(22,23)13-17-19(28)27(14-29-17)8-4-3-7-25-9-11-26(12-10-25)18-15-5-1-2-6-16(15)30-24-18/h1-2,5-6,17H,3-4,7-14H2. The highest BCUT2D eigenvalue weighted by Gasteiger charge is 2.40. The summed E-state index contributed by atoms with van der Waals surface area (Å²) in [6, 6.07) is 8.30. The van der Waals surface area contributed by atoms with Gasteiger partial charge in [-0.25, -0.2) is 0 Å². The lowest BCUT2D eigenvalue weighted by Gasteiger charge is -2.35. The third-order valence-electron chi connectivity index (χ3n) is 5.62. The van der Waals surface area contributed by atoms with Crippen LogP contribution >= 0.6 is 23.3 Å². The molecule has 2 aliphatic heterocycles. The summed E-state index contributed by atoms with van der Waals surface area (Å²) in [5.41, 5.74) is 0. The minimum absolute atomic E-state index is 0.360. The third kappa shape index (κ3) is 5.20. The molecule has 4 rings (SSSR count). The Morgan fingerprint density at radius 2 is 1.80 bits per heavy atom. The first-order valence-electron chi connectivity index (χ1n) is 10.2. The van der Waals surface area contributed by atoms with Crippen molar-refractivity contribution in [2.75, 3.05) is 50.0 Å². The number of hydrogen-bond acceptors (Lipinski definition) is 6. The summed E-state index contributed by atoms with van der Waals surface area (Å²) < 4.78 is 43.4. The quantitative estimate of drug-likeness (QED) is 0.586. The maximum absolute atomic E-state index is 12.5. The Balaban J connectivity index is 1.16. The smallest absolute Gasteiger partial charge is 0.353 e. The Kier molecular flexibility index (Phi) is 6.74. The number of nitrogens with zero attached hydrogens (tertiary/aromatic N) is 4. The van der Waals surface area contributed by atoms with Gasteiger partial charge in [0.05, 0.1) is 22.2 Å². The van der Waals surface area contributed by atoms with Crippen molar-refractivity contribution >= 4 is 45.1 Å². The molecule has 1 aromatic heterocycles. The van der Waals surface area contributed by atoms with Crippen LogP contribution in [0, 0.1) is 0 Å². The maximum atomic E-state index is 12.5. The van der Waals surface area contributed by atoms with Crippen LogP contribution in [0.15, 0.2) is 24.3 Å². The Bertz CT molecular complexity index is 867. The predicted molar refractivity (Wildman–Crippen MR) is 116 cm³/mol. The van der Waals surface area contributed by atoms with Gasteiger partial charge in [0.15, 0.2) is 0 Å². The van der Waals surface area contributed by atoms with Crippen molar-refractivity contribution in [1.29, 1.82) is 0 Å². The third-order valence-corrected chi connectivity index (χ3v) is 7.67. The first-order valence-corrected chi connectivity index (χ1v) is 12.0. The van der Waals surface area contributed by atoms with Crippen LogP contribution in [0.25, 0.3) is 10.1 Å². The summed E-state index contributed by atoms with van der Waals surface area (Å²) in [4.78, 5) is 18.4. The summed E-state index contributed by atoms with van der Waals surface area (Å²) in [5.74, 6) is 1.09. The number of aromatic nitrogens is 1. The zero-order valence-corrected chi connectivity index (χ0v) is 18.2. The molecule has 3 heterocycles. The number of thioether (sulfide) groups is 1. The van der Waals surface area contributed by atoms with Crippen LogP contribution in [0.2, 0.25) is 0 Å². The van der Waals surface area contributed by atoms with Gasteiger partial charge < -0.3 is 9.80 Å². The van der Waals surface area contributed by atoms with E-state index in [1.54, 1.807) is 4.90 Å². The zero-order chi connectivity index (χ0) is 21.1. The molecule has 1 amide bonds. The molecule has 0 radical (unpaired) electrons. The number of hydrogen-bond donors (Lipinski definition) is 0. The molecular formula is C20H25F3N4OS2. The summed E-state index contributed by atoms with van der Waals surface area (Å²) in [5, 5.41) is 0.257. The van der Waals surface area contributed by atoms with Crippen molar-refractivity contribution < 1.29 is 18.0 Å². The molecule has 1 aromatic carbocycles. The highest BCUT2D eigenvalue weighted by atomic mass is 32.2. The number of amides is 1. The van der Waals surface area contributed by atoms with Gasteiger partial charge in [-0.15, -0.1) is 11.8 Å². The monoisotopic (exact) mass is 458 g/mol. The second kappa shape index (κ2) is 9.32. The lowest BCUT2D eigenvalue weighted by Crippen LogP contribution is -2.46. The normalized spacial score (nSPS) is 21.2. The Morgan fingerprint density at radius 3 is 2.57 bits per heavy atom. The van der Waals surface area contributed by atoms with Gasteiger partial charge in [-0.3, -0.25) is 9.69 Å². The summed E-state index contributed by atoms with van der Waals surface area (Å²) in [6.07, 6.45) is -3.54. The van der Waals surface area contributed by atoms with E-state index in [-0.39, 0.29) is 5.91 Å². The number of rotatable bonds is 7. The van der Waals surface area contributed by atoms with Crippen molar-refractivity contribution in [2.45, 2.75) is 30.7 Å². The molecule has 2 aliphatic rings. The number of carbonyl (C=O) groups is 1. The van der Waals surface area contributed by atoms with E-state index in [1.807, 2.05) is 12.1 Å². The lowest BCUT2D eigenvalue weighted by atomic mass is 10.2. The molecule has 0 bridgehead atoms. The Morgan fingerprint density at radius 1 is 1.07 bits per heavy atom. The van der Waals surface area contributed by atoms with E-state index in [2.05, 4.69) is 26.3 Å². The number of halogens is 3. The molecule has 164 valence electrons. The van der Waals surface area contributed by atoms with E-state index >= 15 is 0 Å². The molecule has 1 unspecified atom stereocenters. The average molecular weight is 459 g/mol. The second-order valence-electron chi connectivity index (χ2n) is 7.74. The van der Waals surface area contributed by atoms with Crippen LogP contribution in [-0.2, 0) is 4.79 Å². The Labute approximate surface area is 182 Å². The summed E-state index contributed by atoms with van der Waals surface area (Å²) in [7, 11) is 0. The van der Waals surface area contributed by atoms with Gasteiger partial charge in [0, 0.05) is 38.1 Å². The van der Waals surface area contributed by atoms with Crippen LogP contribution in [0.1, 0.15) is 19.3 Å². The van der Waals surface area contributed by atoms with Gasteiger partial charge in [-0.05, 0) is 43.1 Å². The van der Waals surface area contributed by atoms with Crippen molar-refractivity contribution in [2.24, 2.45) is 0 Å². The molecule has 0 aliphatic carbocycles. The van der Waals surface area contributed by atoms with Gasteiger partial charge in [-0.2, -0.15) is 17.5 Å². The first-order chi connectivity index (χ1) is 14.4. The van der Waals surface area contributed by atoms with E-state index < -0.39 is 17.8 Å². The largest absolute Gasteiger partial charge is 0.390 e. The molecule has 2 saturated heterocycles. The van der Waals surface area contributed by atoms with Gasteiger partial charge in [0.25, 0.3) is 0 Å². The highest BCUT2D eigenvalue weighted by molar-refractivity contribution is 8.01. The van der Waals surface area contributed by atoms with Crippen LogP contribution in [0.4, 0.5) is 19.0 Å². The van der Waals surface area contributed by atoms with E-state index in [4.69, 9.17) is 0 Å². The van der Waals surface area contributed by atoms with Gasteiger partial charge in [-0.1, -0.05) is 12.1 Å². The molecule has 2 fully saturated rings. The fourth-order valence-corrected chi connectivity index (χ4v) is 5.98. The van der Waals surface area contributed by atoms with E-state index in [0.717, 1.165) is 63.1 Å². The van der Waals surface area contributed by atoms with Gasteiger partial charge >= 0.3 is 6.18 Å². The zero-order valence-electron chi connectivity index (χ0n) is 16.6. The van der Waals surface area contributed by atoms with E-state index in [9.17, 15) is 18.0 Å². The molecule has 0 N–H and O–H groups in total. The SMILES string of the molecule is O=C1C(CC(F)(F)F)SCN1CCCCN1CCN(c2nsc3ccccc23)CC1. The van der Waals surface area contributed by atoms with Gasteiger partial charge in [0.1, 0.15) is 5.82 Å². The first kappa shape index (κ1) is 21.7. The predicted octanol–water partition coefficient (Wildman–Crippen LogP) is 4.05. The minimum Gasteiger partial charge on any atom is -0.353 e. The number of fused-ring (bicyclic) bond motifs is 1. The van der Waals surface area contributed by atoms with Crippen molar-refractivity contribution in [1.82, 2.24) is 14.2 Å². The summed E-state index contributed by atoms with van der Waals surface area (Å²) in [6.45, 7) is 5.32. The molecule has 1 atom stereocenters. The number of alkyl halides is 3. The van der Waals surface area contributed by atoms with Crippen molar-refractivity contribution in [3.05, 3.63) is 24.3 Å². The topological polar surface area (TPSA) is 39.7 Å². The van der Waals surface area contributed by atoms with Crippen LogP contribution < -0.4 is 4.90 Å². The summed E-state index contributed by atoms with van der Waals surface area (Å²) >= 11 is 2.65. The molecule has 30 heavy (non-hydrogen) atoms. The van der Waals surface area contributed by atoms with Crippen LogP contribution in [0.5, 0.6) is 0 Å². The molecule has 0 spiro atoms. The number of piperazine rings is 1. The highest BCUT2D eigenvalue weighted by Crippen LogP contribution is 2.34. The molecule has 0 saturated carbocycles. The minimum atomic E-state index is -4.28. The van der Waals surface area contributed by atoms with Crippen LogP contribution in [0.3, 0.4) is 0 Å². The molecule has 10 heteroatoms. The van der Waals surface area contributed by atoms with Crippen LogP contribution in [-0.4, -0.2) is 76.7 Å². The van der Waals surface area contributed by atoms with Crippen molar-refractivity contribution in [3.63, 3.8) is 0 Å². The van der Waals surface area contributed by atoms with Gasteiger partial charge in [0.2, 0.25) is 5.91 Å². The Hall–Kier alpha value is -1.52. The van der Waals surface area contributed by atoms with E-state index in [1.165, 1.54) is 21.6 Å². The maximum Gasteiger partial charge on any atom is 0.390 e. The lowest BCUT2D eigenvalue weighted by molar-refractivity contribution is -0.146. The average Bonchev–Trinajstić information content (AvgIpc) is 3.29. The number of carbonyl (C=O) groups excluding carboxylic acids is 1. The fourth-order valence-electron chi connectivity index (χ4n) is 3.97. The number of anilines is 1. The van der Waals surface area contributed by atoms with E-state index in [0.29, 0.717) is 12.4 Å². The van der Waals surface area contributed by atoms with Crippen molar-refractivity contribution in [3.8, 4) is 0 Å². The number of benzene rings is 1. The molecular weight excluding hydrogens is 433 g/mol. The molecule has 5 nitrogen and oxygen atoms in total.